The standard InChI is InChI=1S/C8H13NO3.C2H2/c1-12-8(11)6-9-5-3-2-4-7(9)10;1-2/h2-6H2,1H3;1-2H. The number of nitrogens with zero attached hydrogens (tertiary/aromatic N) is 1. The Balaban J connectivity index is 0.000000791. The van der Waals surface area contributed by atoms with E-state index in [0.717, 1.165) is 12.8 Å². The van der Waals surface area contributed by atoms with Crippen molar-refractivity contribution in [1.82, 2.24) is 4.90 Å². The van der Waals surface area contributed by atoms with Crippen LogP contribution in [-0.4, -0.2) is 37.0 Å². The Hall–Kier alpha value is -1.50. The molecule has 0 spiro atoms. The van der Waals surface area contributed by atoms with E-state index in [1.807, 2.05) is 0 Å². The van der Waals surface area contributed by atoms with Gasteiger partial charge in [0.15, 0.2) is 0 Å². The molecule has 0 radical (unpaired) electrons. The molecule has 0 unspecified atom stereocenters. The largest absolute Gasteiger partial charge is 0.468 e. The molecule has 0 saturated carbocycles. The summed E-state index contributed by atoms with van der Waals surface area (Å²) in [7, 11) is 1.33. The SMILES string of the molecule is C#C.COC(=O)CN1CCCCC1=O. The number of carbonyl (C=O) groups is 2. The smallest absolute Gasteiger partial charge is 0.325 e. The number of hydrogen-bond donors (Lipinski definition) is 0. The fraction of sp³-hybridized carbons (Fsp3) is 0.600. The van der Waals surface area contributed by atoms with Gasteiger partial charge < -0.3 is 9.64 Å². The third-order valence-electron chi connectivity index (χ3n) is 1.97. The number of piperidine rings is 1. The Kier molecular flexibility index (Phi) is 6.21. The quantitative estimate of drug-likeness (QED) is 0.476. The van der Waals surface area contributed by atoms with Gasteiger partial charge in [-0.05, 0) is 12.8 Å². The molecule has 1 heterocycles. The number of methoxy groups -OCH3 is 1. The number of carbonyl (C=O) groups excluding carboxylic acids is 2. The van der Waals surface area contributed by atoms with E-state index in [0.29, 0.717) is 13.0 Å². The number of terminal acetylenes is 1. The van der Waals surface area contributed by atoms with Gasteiger partial charge >= 0.3 is 5.97 Å². The molecule has 4 nitrogen and oxygen atoms in total. The predicted molar refractivity (Wildman–Crippen MR) is 52.3 cm³/mol. The highest BCUT2D eigenvalue weighted by molar-refractivity contribution is 5.82. The molecule has 0 aromatic rings. The average Bonchev–Trinajstić information content (AvgIpc) is 2.24. The molecule has 0 aliphatic carbocycles. The maximum absolute atomic E-state index is 11.2. The fourth-order valence-electron chi connectivity index (χ4n) is 1.25. The second kappa shape index (κ2) is 6.96. The lowest BCUT2D eigenvalue weighted by Gasteiger charge is -2.25. The van der Waals surface area contributed by atoms with Gasteiger partial charge in [-0.3, -0.25) is 9.59 Å². The molecule has 0 atom stereocenters. The van der Waals surface area contributed by atoms with Crippen LogP contribution in [-0.2, 0) is 14.3 Å². The molecule has 0 bridgehead atoms. The van der Waals surface area contributed by atoms with Gasteiger partial charge in [0.2, 0.25) is 5.91 Å². The Bertz CT molecular complexity index is 223. The van der Waals surface area contributed by atoms with E-state index in [1.165, 1.54) is 7.11 Å². The molecule has 1 rings (SSSR count). The Morgan fingerprint density at radius 3 is 2.64 bits per heavy atom. The van der Waals surface area contributed by atoms with Gasteiger partial charge in [-0.2, -0.15) is 0 Å². The zero-order chi connectivity index (χ0) is 11.0. The summed E-state index contributed by atoms with van der Waals surface area (Å²) in [6.45, 7) is 0.795. The fourth-order valence-corrected chi connectivity index (χ4v) is 1.25. The topological polar surface area (TPSA) is 46.6 Å². The highest BCUT2D eigenvalue weighted by Crippen LogP contribution is 2.09. The number of rotatable bonds is 2. The Morgan fingerprint density at radius 2 is 2.14 bits per heavy atom. The van der Waals surface area contributed by atoms with Crippen molar-refractivity contribution in [3.8, 4) is 12.8 Å². The normalized spacial score (nSPS) is 15.4. The average molecular weight is 197 g/mol. The van der Waals surface area contributed by atoms with Gasteiger partial charge in [-0.15, -0.1) is 12.8 Å². The third kappa shape index (κ3) is 3.94. The molecule has 1 amide bonds. The first-order chi connectivity index (χ1) is 6.74. The second-order valence-corrected chi connectivity index (χ2v) is 2.85. The van der Waals surface area contributed by atoms with Crippen molar-refractivity contribution >= 4 is 11.9 Å². The van der Waals surface area contributed by atoms with Crippen LogP contribution in [0.25, 0.3) is 0 Å². The van der Waals surface area contributed by atoms with E-state index in [-0.39, 0.29) is 18.4 Å². The van der Waals surface area contributed by atoms with E-state index < -0.39 is 0 Å². The van der Waals surface area contributed by atoms with Gasteiger partial charge in [0.05, 0.1) is 7.11 Å². The van der Waals surface area contributed by atoms with Crippen molar-refractivity contribution in [1.29, 1.82) is 0 Å². The van der Waals surface area contributed by atoms with Crippen LogP contribution in [0.15, 0.2) is 0 Å². The summed E-state index contributed by atoms with van der Waals surface area (Å²) < 4.78 is 4.47. The summed E-state index contributed by atoms with van der Waals surface area (Å²) in [5.74, 6) is -0.281. The highest BCUT2D eigenvalue weighted by Gasteiger charge is 2.20. The van der Waals surface area contributed by atoms with Crippen molar-refractivity contribution in [3.05, 3.63) is 0 Å². The van der Waals surface area contributed by atoms with Crippen LogP contribution >= 0.6 is 0 Å². The van der Waals surface area contributed by atoms with Crippen molar-refractivity contribution in [2.45, 2.75) is 19.3 Å². The number of ether oxygens (including phenoxy) is 1. The van der Waals surface area contributed by atoms with Gasteiger partial charge in [-0.25, -0.2) is 0 Å². The van der Waals surface area contributed by atoms with Gasteiger partial charge in [-0.1, -0.05) is 0 Å². The first-order valence-corrected chi connectivity index (χ1v) is 4.42. The lowest BCUT2D eigenvalue weighted by molar-refractivity contribution is -0.148. The summed E-state index contributed by atoms with van der Waals surface area (Å²) in [5.41, 5.74) is 0. The maximum atomic E-state index is 11.2. The molecule has 0 aromatic carbocycles. The monoisotopic (exact) mass is 197 g/mol. The van der Waals surface area contributed by atoms with Crippen molar-refractivity contribution in [2.24, 2.45) is 0 Å². The number of likely N-dealkylation sites (tertiary alicyclic amines) is 1. The molecule has 1 fully saturated rings. The molecule has 4 heteroatoms. The van der Waals surface area contributed by atoms with Crippen molar-refractivity contribution < 1.29 is 14.3 Å². The molecule has 1 aliphatic rings. The first kappa shape index (κ1) is 12.5. The second-order valence-electron chi connectivity index (χ2n) is 2.85. The minimum atomic E-state index is -0.342. The molecule has 0 aromatic heterocycles. The van der Waals surface area contributed by atoms with Crippen molar-refractivity contribution in [3.63, 3.8) is 0 Å². The number of hydrogen-bond acceptors (Lipinski definition) is 3. The van der Waals surface area contributed by atoms with Crippen LogP contribution in [0.5, 0.6) is 0 Å². The van der Waals surface area contributed by atoms with Crippen LogP contribution in [0.4, 0.5) is 0 Å². The first-order valence-electron chi connectivity index (χ1n) is 4.42. The zero-order valence-electron chi connectivity index (χ0n) is 8.36. The number of amides is 1. The summed E-state index contributed by atoms with van der Waals surface area (Å²) in [6, 6.07) is 0. The Morgan fingerprint density at radius 1 is 1.50 bits per heavy atom. The molecular formula is C10H15NO3. The van der Waals surface area contributed by atoms with E-state index in [1.54, 1.807) is 4.90 Å². The maximum Gasteiger partial charge on any atom is 0.325 e. The predicted octanol–water partition coefficient (Wildman–Crippen LogP) is 0.421. The molecule has 1 saturated heterocycles. The molecular weight excluding hydrogens is 182 g/mol. The van der Waals surface area contributed by atoms with E-state index in [4.69, 9.17) is 0 Å². The highest BCUT2D eigenvalue weighted by atomic mass is 16.5. The van der Waals surface area contributed by atoms with E-state index in [2.05, 4.69) is 17.6 Å². The number of esters is 1. The van der Waals surface area contributed by atoms with Gasteiger partial charge in [0.1, 0.15) is 6.54 Å². The zero-order valence-corrected chi connectivity index (χ0v) is 8.36. The minimum absolute atomic E-state index is 0.0617. The van der Waals surface area contributed by atoms with Gasteiger partial charge in [0, 0.05) is 13.0 Å². The van der Waals surface area contributed by atoms with Crippen molar-refractivity contribution in [2.75, 3.05) is 20.2 Å². The van der Waals surface area contributed by atoms with Crippen LogP contribution in [0, 0.1) is 12.8 Å². The summed E-state index contributed by atoms with van der Waals surface area (Å²) in [4.78, 5) is 23.5. The summed E-state index contributed by atoms with van der Waals surface area (Å²) in [6.07, 6.45) is 10.5. The molecule has 0 N–H and O–H groups in total. The van der Waals surface area contributed by atoms with Gasteiger partial charge in [0.25, 0.3) is 0 Å². The summed E-state index contributed by atoms with van der Waals surface area (Å²) >= 11 is 0. The molecule has 78 valence electrons. The summed E-state index contributed by atoms with van der Waals surface area (Å²) in [5, 5.41) is 0. The van der Waals surface area contributed by atoms with Crippen LogP contribution in [0.2, 0.25) is 0 Å². The van der Waals surface area contributed by atoms with Crippen LogP contribution in [0.3, 0.4) is 0 Å². The lowest BCUT2D eigenvalue weighted by atomic mass is 10.1. The van der Waals surface area contributed by atoms with E-state index >= 15 is 0 Å². The van der Waals surface area contributed by atoms with E-state index in [9.17, 15) is 9.59 Å². The lowest BCUT2D eigenvalue weighted by Crippen LogP contribution is -2.39. The van der Waals surface area contributed by atoms with Crippen LogP contribution in [0.1, 0.15) is 19.3 Å². The molecule has 1 aliphatic heterocycles. The third-order valence-corrected chi connectivity index (χ3v) is 1.97. The van der Waals surface area contributed by atoms with Crippen LogP contribution < -0.4 is 0 Å². The Labute approximate surface area is 84.2 Å². The minimum Gasteiger partial charge on any atom is -0.468 e. The molecule has 14 heavy (non-hydrogen) atoms.